The highest BCUT2D eigenvalue weighted by Crippen LogP contribution is 2.31. The first kappa shape index (κ1) is 12.3. The summed E-state index contributed by atoms with van der Waals surface area (Å²) in [4.78, 5) is 0. The van der Waals surface area contributed by atoms with Crippen LogP contribution in [0.4, 0.5) is 0 Å². The lowest BCUT2D eigenvalue weighted by Gasteiger charge is -2.25. The fourth-order valence-electron chi connectivity index (χ4n) is 1.95. The Balaban J connectivity index is 2.46. The molecular weight excluding hydrogens is 186 g/mol. The monoisotopic (exact) mass is 209 g/mol. The molecule has 15 heavy (non-hydrogen) atoms. The van der Waals surface area contributed by atoms with Crippen LogP contribution in [-0.2, 0) is 5.41 Å². The summed E-state index contributed by atoms with van der Waals surface area (Å²) in [6, 6.07) is 2.00. The van der Waals surface area contributed by atoms with Crippen LogP contribution in [0.1, 0.15) is 65.0 Å². The van der Waals surface area contributed by atoms with Crippen LogP contribution < -0.4 is 0 Å². The van der Waals surface area contributed by atoms with Gasteiger partial charge in [0.15, 0.2) is 0 Å². The van der Waals surface area contributed by atoms with Crippen molar-refractivity contribution >= 4 is 0 Å². The number of rotatable bonds is 7. The maximum Gasteiger partial charge on any atom is 0.124 e. The van der Waals surface area contributed by atoms with Gasteiger partial charge < -0.3 is 4.52 Å². The van der Waals surface area contributed by atoms with E-state index in [4.69, 9.17) is 4.52 Å². The third-order valence-electron chi connectivity index (χ3n) is 3.42. The van der Waals surface area contributed by atoms with Gasteiger partial charge in [-0.15, -0.1) is 0 Å². The fourth-order valence-corrected chi connectivity index (χ4v) is 1.95. The van der Waals surface area contributed by atoms with Crippen molar-refractivity contribution < 1.29 is 4.52 Å². The summed E-state index contributed by atoms with van der Waals surface area (Å²) in [5.41, 5.74) is 1.32. The van der Waals surface area contributed by atoms with Crippen molar-refractivity contribution in [3.63, 3.8) is 0 Å². The molecule has 0 fully saturated rings. The lowest BCUT2D eigenvalue weighted by Crippen LogP contribution is -2.21. The van der Waals surface area contributed by atoms with Gasteiger partial charge >= 0.3 is 0 Å². The van der Waals surface area contributed by atoms with Crippen LogP contribution in [-0.4, -0.2) is 5.16 Å². The predicted octanol–water partition coefficient (Wildman–Crippen LogP) is 4.31. The zero-order valence-electron chi connectivity index (χ0n) is 10.3. The topological polar surface area (TPSA) is 26.0 Å². The Kier molecular flexibility index (Phi) is 4.86. The largest absolute Gasteiger partial charge is 0.364 e. The Labute approximate surface area is 93.0 Å². The van der Waals surface area contributed by atoms with Gasteiger partial charge in [0.05, 0.1) is 5.69 Å². The quantitative estimate of drug-likeness (QED) is 0.625. The number of hydrogen-bond donors (Lipinski definition) is 0. The van der Waals surface area contributed by atoms with Gasteiger partial charge in [0.2, 0.25) is 0 Å². The molecule has 1 heterocycles. The highest BCUT2D eigenvalue weighted by atomic mass is 16.5. The summed E-state index contributed by atoms with van der Waals surface area (Å²) >= 11 is 0. The zero-order valence-corrected chi connectivity index (χ0v) is 10.3. The summed E-state index contributed by atoms with van der Waals surface area (Å²) in [6.07, 6.45) is 9.30. The predicted molar refractivity (Wildman–Crippen MR) is 62.9 cm³/mol. The molecule has 0 radical (unpaired) electrons. The van der Waals surface area contributed by atoms with Crippen LogP contribution >= 0.6 is 0 Å². The first-order valence-electron chi connectivity index (χ1n) is 6.14. The minimum atomic E-state index is 0.209. The van der Waals surface area contributed by atoms with Crippen molar-refractivity contribution in [1.29, 1.82) is 0 Å². The molecule has 1 aromatic rings. The van der Waals surface area contributed by atoms with Crippen LogP contribution in [0, 0.1) is 0 Å². The summed E-state index contributed by atoms with van der Waals surface area (Å²) < 4.78 is 4.94. The highest BCUT2D eigenvalue weighted by Gasteiger charge is 2.26. The molecule has 0 aliphatic carbocycles. The lowest BCUT2D eigenvalue weighted by atomic mass is 9.79. The summed E-state index contributed by atoms with van der Waals surface area (Å²) in [6.45, 7) is 6.77. The van der Waals surface area contributed by atoms with Crippen molar-refractivity contribution in [1.82, 2.24) is 5.16 Å². The van der Waals surface area contributed by atoms with E-state index in [1.807, 2.05) is 6.07 Å². The minimum absolute atomic E-state index is 0.209. The van der Waals surface area contributed by atoms with Gasteiger partial charge in [-0.1, -0.05) is 51.6 Å². The second-order valence-electron chi connectivity index (χ2n) is 4.61. The van der Waals surface area contributed by atoms with Crippen LogP contribution in [0.2, 0.25) is 0 Å². The third-order valence-corrected chi connectivity index (χ3v) is 3.42. The Morgan fingerprint density at radius 2 is 2.07 bits per heavy atom. The standard InChI is InChI=1S/C13H23NO/c1-4-6-7-8-10-13(3,5-2)12-9-11-15-14-12/h9,11H,4-8,10H2,1-3H3. The van der Waals surface area contributed by atoms with Gasteiger partial charge in [-0.3, -0.25) is 0 Å². The minimum Gasteiger partial charge on any atom is -0.364 e. The van der Waals surface area contributed by atoms with Crippen LogP contribution in [0.5, 0.6) is 0 Å². The molecule has 0 aliphatic rings. The molecule has 0 saturated carbocycles. The van der Waals surface area contributed by atoms with Crippen LogP contribution in [0.15, 0.2) is 16.9 Å². The molecular formula is C13H23NO. The summed E-state index contributed by atoms with van der Waals surface area (Å²) in [5, 5.41) is 4.08. The number of hydrogen-bond acceptors (Lipinski definition) is 2. The van der Waals surface area contributed by atoms with E-state index in [1.165, 1.54) is 32.1 Å². The molecule has 2 nitrogen and oxygen atoms in total. The van der Waals surface area contributed by atoms with Crippen LogP contribution in [0.25, 0.3) is 0 Å². The Hall–Kier alpha value is -0.790. The maximum atomic E-state index is 4.94. The average Bonchev–Trinajstić information content (AvgIpc) is 2.78. The zero-order chi connectivity index (χ0) is 11.1. The average molecular weight is 209 g/mol. The molecule has 0 amide bonds. The second kappa shape index (κ2) is 5.94. The van der Waals surface area contributed by atoms with Crippen molar-refractivity contribution in [2.45, 2.75) is 64.7 Å². The van der Waals surface area contributed by atoms with Crippen molar-refractivity contribution in [2.24, 2.45) is 0 Å². The molecule has 0 aliphatic heterocycles. The van der Waals surface area contributed by atoms with Gasteiger partial charge in [-0.25, -0.2) is 0 Å². The molecule has 1 rings (SSSR count). The molecule has 1 unspecified atom stereocenters. The molecule has 0 bridgehead atoms. The van der Waals surface area contributed by atoms with Gasteiger partial charge in [-0.05, 0) is 12.8 Å². The lowest BCUT2D eigenvalue weighted by molar-refractivity contribution is 0.344. The van der Waals surface area contributed by atoms with E-state index in [2.05, 4.69) is 25.9 Å². The molecule has 0 N–H and O–H groups in total. The molecule has 0 saturated heterocycles. The molecule has 2 heteroatoms. The van der Waals surface area contributed by atoms with Gasteiger partial charge in [0.25, 0.3) is 0 Å². The Bertz CT molecular complexity index is 256. The molecule has 1 atom stereocenters. The van der Waals surface area contributed by atoms with Crippen molar-refractivity contribution in [3.8, 4) is 0 Å². The molecule has 0 aromatic carbocycles. The molecule has 1 aromatic heterocycles. The second-order valence-corrected chi connectivity index (χ2v) is 4.61. The fraction of sp³-hybridized carbons (Fsp3) is 0.769. The van der Waals surface area contributed by atoms with Crippen molar-refractivity contribution in [2.75, 3.05) is 0 Å². The van der Waals surface area contributed by atoms with Gasteiger partial charge in [0, 0.05) is 11.5 Å². The van der Waals surface area contributed by atoms with E-state index < -0.39 is 0 Å². The Morgan fingerprint density at radius 3 is 2.60 bits per heavy atom. The number of nitrogens with zero attached hydrogens (tertiary/aromatic N) is 1. The van der Waals surface area contributed by atoms with E-state index in [0.717, 1.165) is 12.1 Å². The van der Waals surface area contributed by atoms with Crippen molar-refractivity contribution in [3.05, 3.63) is 18.0 Å². The molecule has 0 spiro atoms. The normalized spacial score (nSPS) is 15.1. The number of aromatic nitrogens is 1. The smallest absolute Gasteiger partial charge is 0.124 e. The molecule has 86 valence electrons. The summed E-state index contributed by atoms with van der Waals surface area (Å²) in [5.74, 6) is 0. The van der Waals surface area contributed by atoms with Crippen LogP contribution in [0.3, 0.4) is 0 Å². The Morgan fingerprint density at radius 1 is 1.27 bits per heavy atom. The highest BCUT2D eigenvalue weighted by molar-refractivity contribution is 5.11. The first-order chi connectivity index (χ1) is 7.23. The third kappa shape index (κ3) is 3.37. The maximum absolute atomic E-state index is 4.94. The van der Waals surface area contributed by atoms with E-state index in [-0.39, 0.29) is 5.41 Å². The van der Waals surface area contributed by atoms with E-state index in [0.29, 0.717) is 0 Å². The van der Waals surface area contributed by atoms with Gasteiger partial charge in [0.1, 0.15) is 6.26 Å². The van der Waals surface area contributed by atoms with E-state index in [1.54, 1.807) is 6.26 Å². The van der Waals surface area contributed by atoms with Gasteiger partial charge in [-0.2, -0.15) is 0 Å². The SMILES string of the molecule is CCCCCCC(C)(CC)c1ccon1. The van der Waals surface area contributed by atoms with E-state index in [9.17, 15) is 0 Å². The number of unbranched alkanes of at least 4 members (excludes halogenated alkanes) is 3. The first-order valence-corrected chi connectivity index (χ1v) is 6.14. The summed E-state index contributed by atoms with van der Waals surface area (Å²) in [7, 11) is 0. The van der Waals surface area contributed by atoms with E-state index >= 15 is 0 Å².